The summed E-state index contributed by atoms with van der Waals surface area (Å²) in [6.45, 7) is 7.48. The van der Waals surface area contributed by atoms with E-state index in [1.807, 2.05) is 37.1 Å². The number of aryl methyl sites for hydroxylation is 1. The van der Waals surface area contributed by atoms with Crippen molar-refractivity contribution < 1.29 is 4.79 Å². The van der Waals surface area contributed by atoms with Crippen molar-refractivity contribution in [2.24, 2.45) is 0 Å². The fourth-order valence-corrected chi connectivity index (χ4v) is 3.07. The predicted molar refractivity (Wildman–Crippen MR) is 87.4 cm³/mol. The SMILES string of the molecule is CCCN1CCC(N(C)C(=O)c2cccc(C)c2N)CC1. The van der Waals surface area contributed by atoms with Gasteiger partial charge >= 0.3 is 0 Å². The molecule has 1 heterocycles. The summed E-state index contributed by atoms with van der Waals surface area (Å²) in [4.78, 5) is 17.0. The number of hydrogen-bond donors (Lipinski definition) is 1. The smallest absolute Gasteiger partial charge is 0.255 e. The molecule has 2 N–H and O–H groups in total. The predicted octanol–water partition coefficient (Wildman–Crippen LogP) is 2.52. The van der Waals surface area contributed by atoms with Crippen LogP contribution in [-0.4, -0.2) is 48.4 Å². The Labute approximate surface area is 127 Å². The summed E-state index contributed by atoms with van der Waals surface area (Å²) in [6, 6.07) is 5.99. The van der Waals surface area contributed by atoms with E-state index in [9.17, 15) is 4.79 Å². The first-order valence-electron chi connectivity index (χ1n) is 7.89. The van der Waals surface area contributed by atoms with Gasteiger partial charge in [-0.25, -0.2) is 0 Å². The van der Waals surface area contributed by atoms with E-state index >= 15 is 0 Å². The summed E-state index contributed by atoms with van der Waals surface area (Å²) < 4.78 is 0. The molecule has 21 heavy (non-hydrogen) atoms. The number of para-hydroxylation sites is 1. The molecule has 0 spiro atoms. The molecule has 4 heteroatoms. The highest BCUT2D eigenvalue weighted by Crippen LogP contribution is 2.22. The third-order valence-corrected chi connectivity index (χ3v) is 4.52. The number of likely N-dealkylation sites (tertiary alicyclic amines) is 1. The number of anilines is 1. The maximum absolute atomic E-state index is 12.7. The second kappa shape index (κ2) is 6.94. The molecule has 2 rings (SSSR count). The summed E-state index contributed by atoms with van der Waals surface area (Å²) in [6.07, 6.45) is 3.29. The van der Waals surface area contributed by atoms with Crippen molar-refractivity contribution in [3.05, 3.63) is 29.3 Å². The van der Waals surface area contributed by atoms with Crippen LogP contribution in [0.2, 0.25) is 0 Å². The molecule has 4 nitrogen and oxygen atoms in total. The lowest BCUT2D eigenvalue weighted by Gasteiger charge is -2.36. The van der Waals surface area contributed by atoms with Crippen molar-refractivity contribution in [2.75, 3.05) is 32.4 Å². The Kier molecular flexibility index (Phi) is 5.23. The maximum Gasteiger partial charge on any atom is 0.255 e. The van der Waals surface area contributed by atoms with Crippen LogP contribution in [-0.2, 0) is 0 Å². The van der Waals surface area contributed by atoms with Gasteiger partial charge in [0.25, 0.3) is 5.91 Å². The van der Waals surface area contributed by atoms with Crippen LogP contribution in [0.15, 0.2) is 18.2 Å². The average Bonchev–Trinajstić information content (AvgIpc) is 2.50. The topological polar surface area (TPSA) is 49.6 Å². The third-order valence-electron chi connectivity index (χ3n) is 4.52. The van der Waals surface area contributed by atoms with Crippen molar-refractivity contribution in [1.82, 2.24) is 9.80 Å². The average molecular weight is 289 g/mol. The quantitative estimate of drug-likeness (QED) is 0.867. The van der Waals surface area contributed by atoms with Gasteiger partial charge in [-0.3, -0.25) is 4.79 Å². The molecule has 1 aliphatic heterocycles. The van der Waals surface area contributed by atoms with E-state index < -0.39 is 0 Å². The van der Waals surface area contributed by atoms with E-state index in [4.69, 9.17) is 5.73 Å². The van der Waals surface area contributed by atoms with Crippen molar-refractivity contribution in [3.63, 3.8) is 0 Å². The van der Waals surface area contributed by atoms with Crippen LogP contribution in [0.3, 0.4) is 0 Å². The van der Waals surface area contributed by atoms with Gasteiger partial charge in [-0.2, -0.15) is 0 Å². The molecule has 116 valence electrons. The Hall–Kier alpha value is -1.55. The second-order valence-corrected chi connectivity index (χ2v) is 6.03. The molecule has 0 saturated carbocycles. The van der Waals surface area contributed by atoms with Gasteiger partial charge in [0.05, 0.1) is 5.56 Å². The molecule has 1 fully saturated rings. The van der Waals surface area contributed by atoms with Gasteiger partial charge in [0.15, 0.2) is 0 Å². The number of nitrogens with zero attached hydrogens (tertiary/aromatic N) is 2. The van der Waals surface area contributed by atoms with Crippen LogP contribution in [0.25, 0.3) is 0 Å². The lowest BCUT2D eigenvalue weighted by atomic mass is 10.0. The number of carbonyl (C=O) groups is 1. The highest BCUT2D eigenvalue weighted by atomic mass is 16.2. The van der Waals surface area contributed by atoms with Crippen molar-refractivity contribution in [2.45, 2.75) is 39.2 Å². The molecule has 1 aromatic carbocycles. The molecule has 1 aromatic rings. The molecule has 0 aromatic heterocycles. The molecule has 1 aliphatic rings. The highest BCUT2D eigenvalue weighted by molar-refractivity contribution is 5.99. The number of rotatable bonds is 4. The molecule has 1 amide bonds. The summed E-state index contributed by atoms with van der Waals surface area (Å²) >= 11 is 0. The zero-order valence-electron chi connectivity index (χ0n) is 13.4. The van der Waals surface area contributed by atoms with Crippen LogP contribution in [0.5, 0.6) is 0 Å². The zero-order chi connectivity index (χ0) is 15.4. The molecule has 0 radical (unpaired) electrons. The third kappa shape index (κ3) is 3.56. The van der Waals surface area contributed by atoms with Gasteiger partial charge in [0.1, 0.15) is 0 Å². The van der Waals surface area contributed by atoms with Gasteiger partial charge in [0, 0.05) is 31.9 Å². The summed E-state index contributed by atoms with van der Waals surface area (Å²) in [5, 5.41) is 0. The Morgan fingerprint density at radius 1 is 1.38 bits per heavy atom. The number of nitrogens with two attached hydrogens (primary N) is 1. The first-order chi connectivity index (χ1) is 10.0. The Morgan fingerprint density at radius 3 is 2.67 bits per heavy atom. The normalized spacial score (nSPS) is 16.9. The fourth-order valence-electron chi connectivity index (χ4n) is 3.07. The summed E-state index contributed by atoms with van der Waals surface area (Å²) in [5.74, 6) is 0.0464. The Balaban J connectivity index is 2.02. The van der Waals surface area contributed by atoms with Crippen molar-refractivity contribution in [1.29, 1.82) is 0 Å². The monoisotopic (exact) mass is 289 g/mol. The summed E-state index contributed by atoms with van der Waals surface area (Å²) in [5.41, 5.74) is 8.26. The van der Waals surface area contributed by atoms with Crippen LogP contribution in [0.4, 0.5) is 5.69 Å². The number of amides is 1. The van der Waals surface area contributed by atoms with Crippen LogP contribution in [0.1, 0.15) is 42.1 Å². The van der Waals surface area contributed by atoms with E-state index in [2.05, 4.69) is 11.8 Å². The van der Waals surface area contributed by atoms with Crippen molar-refractivity contribution >= 4 is 11.6 Å². The minimum absolute atomic E-state index is 0.0464. The van der Waals surface area contributed by atoms with Crippen molar-refractivity contribution in [3.8, 4) is 0 Å². The van der Waals surface area contributed by atoms with Gasteiger partial charge < -0.3 is 15.5 Å². The number of benzene rings is 1. The fraction of sp³-hybridized carbons (Fsp3) is 0.588. The number of piperidine rings is 1. The number of nitrogen functional groups attached to an aromatic ring is 1. The zero-order valence-corrected chi connectivity index (χ0v) is 13.4. The first-order valence-corrected chi connectivity index (χ1v) is 7.89. The second-order valence-electron chi connectivity index (χ2n) is 6.03. The van der Waals surface area contributed by atoms with Crippen LogP contribution in [0, 0.1) is 6.92 Å². The lowest BCUT2D eigenvalue weighted by Crippen LogP contribution is -2.45. The van der Waals surface area contributed by atoms with Crippen LogP contribution >= 0.6 is 0 Å². The number of hydrogen-bond acceptors (Lipinski definition) is 3. The Bertz CT molecular complexity index is 493. The molecule has 0 aliphatic carbocycles. The van der Waals surface area contributed by atoms with Gasteiger partial charge in [0.2, 0.25) is 0 Å². The van der Waals surface area contributed by atoms with Gasteiger partial charge in [-0.1, -0.05) is 19.1 Å². The molecule has 1 saturated heterocycles. The first kappa shape index (κ1) is 15.8. The Morgan fingerprint density at radius 2 is 2.05 bits per heavy atom. The standard InChI is InChI=1S/C17H27N3O/c1-4-10-20-11-8-14(9-12-20)19(3)17(21)15-7-5-6-13(2)16(15)18/h5-7,14H,4,8-12,18H2,1-3H3. The van der Waals surface area contributed by atoms with E-state index in [0.717, 1.165) is 38.0 Å². The molecule has 0 bridgehead atoms. The van der Waals surface area contributed by atoms with E-state index in [-0.39, 0.29) is 5.91 Å². The van der Waals surface area contributed by atoms with Gasteiger partial charge in [-0.05, 0) is 44.4 Å². The van der Waals surface area contributed by atoms with Crippen LogP contribution < -0.4 is 5.73 Å². The van der Waals surface area contributed by atoms with Gasteiger partial charge in [-0.15, -0.1) is 0 Å². The minimum atomic E-state index is 0.0464. The molecule has 0 unspecified atom stereocenters. The minimum Gasteiger partial charge on any atom is -0.398 e. The van der Waals surface area contributed by atoms with E-state index in [1.54, 1.807) is 0 Å². The molecule has 0 atom stereocenters. The molecular weight excluding hydrogens is 262 g/mol. The number of carbonyl (C=O) groups excluding carboxylic acids is 1. The highest BCUT2D eigenvalue weighted by Gasteiger charge is 2.26. The lowest BCUT2D eigenvalue weighted by molar-refractivity contribution is 0.0643. The summed E-state index contributed by atoms with van der Waals surface area (Å²) in [7, 11) is 1.91. The molecular formula is C17H27N3O. The van der Waals surface area contributed by atoms with E-state index in [0.29, 0.717) is 17.3 Å². The maximum atomic E-state index is 12.7. The van der Waals surface area contributed by atoms with E-state index in [1.165, 1.54) is 6.42 Å². The largest absolute Gasteiger partial charge is 0.398 e.